The van der Waals surface area contributed by atoms with Crippen molar-refractivity contribution in [1.82, 2.24) is 9.97 Å². The summed E-state index contributed by atoms with van der Waals surface area (Å²) < 4.78 is 0. The Hall–Kier alpha value is -2.88. The normalized spacial score (nSPS) is 13.4. The Morgan fingerprint density at radius 1 is 0.885 bits per heavy atom. The first-order valence-corrected chi connectivity index (χ1v) is 9.11. The molecule has 132 valence electrons. The second-order valence-electron chi connectivity index (χ2n) is 7.02. The average Bonchev–Trinajstić information content (AvgIpc) is 2.64. The minimum absolute atomic E-state index is 0.663. The lowest BCUT2D eigenvalue weighted by atomic mass is 10.00. The molecule has 0 fully saturated rings. The molecule has 2 aromatic carbocycles. The third-order valence-electron chi connectivity index (χ3n) is 5.01. The Morgan fingerprint density at radius 3 is 2.38 bits per heavy atom. The van der Waals surface area contributed by atoms with Crippen molar-refractivity contribution in [3.8, 4) is 0 Å². The van der Waals surface area contributed by atoms with E-state index in [9.17, 15) is 0 Å². The van der Waals surface area contributed by atoms with Crippen molar-refractivity contribution >= 4 is 17.5 Å². The number of para-hydroxylation sites is 1. The van der Waals surface area contributed by atoms with Crippen LogP contribution in [0.1, 0.15) is 27.9 Å². The highest BCUT2D eigenvalue weighted by Crippen LogP contribution is 2.27. The van der Waals surface area contributed by atoms with Gasteiger partial charge in [-0.15, -0.1) is 0 Å². The molecule has 4 heteroatoms. The number of rotatable bonds is 3. The number of aromatic nitrogens is 2. The van der Waals surface area contributed by atoms with Crippen LogP contribution in [0.3, 0.4) is 0 Å². The Morgan fingerprint density at radius 2 is 1.62 bits per heavy atom. The maximum Gasteiger partial charge on any atom is 0.229 e. The molecule has 4 nitrogen and oxygen atoms in total. The summed E-state index contributed by atoms with van der Waals surface area (Å²) in [4.78, 5) is 11.8. The molecule has 0 amide bonds. The van der Waals surface area contributed by atoms with Gasteiger partial charge in [-0.1, -0.05) is 42.5 Å². The lowest BCUT2D eigenvalue weighted by Crippen LogP contribution is -2.31. The SMILES string of the molecule is Cc1cc(N2CCc3ccccc3C2)nc(Nc2c(C)cccc2C)n1. The summed E-state index contributed by atoms with van der Waals surface area (Å²) in [5, 5.41) is 3.43. The van der Waals surface area contributed by atoms with E-state index in [1.165, 1.54) is 22.3 Å². The molecule has 0 radical (unpaired) electrons. The molecule has 3 aromatic rings. The highest BCUT2D eigenvalue weighted by Gasteiger charge is 2.18. The van der Waals surface area contributed by atoms with E-state index in [0.717, 1.165) is 36.7 Å². The van der Waals surface area contributed by atoms with E-state index < -0.39 is 0 Å². The molecule has 4 rings (SSSR count). The van der Waals surface area contributed by atoms with Gasteiger partial charge in [0.1, 0.15) is 5.82 Å². The van der Waals surface area contributed by atoms with Crippen molar-refractivity contribution < 1.29 is 0 Å². The maximum atomic E-state index is 4.81. The Kier molecular flexibility index (Phi) is 4.33. The van der Waals surface area contributed by atoms with Crippen LogP contribution in [0.5, 0.6) is 0 Å². The van der Waals surface area contributed by atoms with Gasteiger partial charge in [0, 0.05) is 30.5 Å². The van der Waals surface area contributed by atoms with Crippen LogP contribution < -0.4 is 10.2 Å². The van der Waals surface area contributed by atoms with Crippen LogP contribution in [0, 0.1) is 20.8 Å². The Labute approximate surface area is 154 Å². The molecule has 1 aliphatic heterocycles. The van der Waals surface area contributed by atoms with Crippen molar-refractivity contribution in [2.45, 2.75) is 33.7 Å². The number of hydrogen-bond acceptors (Lipinski definition) is 4. The summed E-state index contributed by atoms with van der Waals surface area (Å²) in [6.45, 7) is 8.12. The minimum Gasteiger partial charge on any atom is -0.352 e. The van der Waals surface area contributed by atoms with Crippen LogP contribution in [0.2, 0.25) is 0 Å². The van der Waals surface area contributed by atoms with Gasteiger partial charge in [-0.05, 0) is 49.4 Å². The van der Waals surface area contributed by atoms with Crippen LogP contribution in [0.4, 0.5) is 17.5 Å². The molecule has 26 heavy (non-hydrogen) atoms. The van der Waals surface area contributed by atoms with Crippen LogP contribution >= 0.6 is 0 Å². The molecule has 0 saturated heterocycles. The fourth-order valence-electron chi connectivity index (χ4n) is 3.58. The molecular formula is C22H24N4. The number of benzene rings is 2. The Bertz CT molecular complexity index is 928. The molecule has 2 heterocycles. The van der Waals surface area contributed by atoms with Gasteiger partial charge in [-0.25, -0.2) is 4.98 Å². The number of aryl methyl sites for hydroxylation is 3. The summed E-state index contributed by atoms with van der Waals surface area (Å²) in [6.07, 6.45) is 1.05. The first-order chi connectivity index (χ1) is 12.6. The molecule has 0 atom stereocenters. The average molecular weight is 344 g/mol. The fraction of sp³-hybridized carbons (Fsp3) is 0.273. The van der Waals surface area contributed by atoms with Crippen LogP contribution in [0.25, 0.3) is 0 Å². The number of nitrogens with one attached hydrogen (secondary N) is 1. The lowest BCUT2D eigenvalue weighted by molar-refractivity contribution is 0.719. The van der Waals surface area contributed by atoms with E-state index >= 15 is 0 Å². The van der Waals surface area contributed by atoms with Crippen molar-refractivity contribution in [2.24, 2.45) is 0 Å². The van der Waals surface area contributed by atoms with Crippen molar-refractivity contribution in [3.63, 3.8) is 0 Å². The molecule has 0 bridgehead atoms. The molecule has 0 aliphatic carbocycles. The molecule has 1 N–H and O–H groups in total. The highest BCUT2D eigenvalue weighted by molar-refractivity contribution is 5.63. The lowest BCUT2D eigenvalue weighted by Gasteiger charge is -2.30. The third kappa shape index (κ3) is 3.27. The standard InChI is InChI=1S/C22H24N4/c1-15-7-6-8-16(2)21(15)25-22-23-17(3)13-20(24-22)26-12-11-18-9-4-5-10-19(18)14-26/h4-10,13H,11-12,14H2,1-3H3,(H,23,24,25). The van der Waals surface area contributed by atoms with Crippen LogP contribution in [-0.4, -0.2) is 16.5 Å². The summed E-state index contributed by atoms with van der Waals surface area (Å²) in [7, 11) is 0. The molecule has 0 saturated carbocycles. The molecule has 0 unspecified atom stereocenters. The smallest absolute Gasteiger partial charge is 0.229 e. The summed E-state index contributed by atoms with van der Waals surface area (Å²) >= 11 is 0. The van der Waals surface area contributed by atoms with Gasteiger partial charge >= 0.3 is 0 Å². The summed E-state index contributed by atoms with van der Waals surface area (Å²) in [6, 6.07) is 17.0. The van der Waals surface area contributed by atoms with Crippen molar-refractivity contribution in [3.05, 3.63) is 76.5 Å². The van der Waals surface area contributed by atoms with Gasteiger partial charge in [-0.2, -0.15) is 4.98 Å². The van der Waals surface area contributed by atoms with E-state index in [1.807, 2.05) is 6.92 Å². The topological polar surface area (TPSA) is 41.1 Å². The number of nitrogens with zero attached hydrogens (tertiary/aromatic N) is 3. The monoisotopic (exact) mass is 344 g/mol. The maximum absolute atomic E-state index is 4.81. The number of fused-ring (bicyclic) bond motifs is 1. The van der Waals surface area contributed by atoms with Gasteiger partial charge in [0.25, 0.3) is 0 Å². The second-order valence-corrected chi connectivity index (χ2v) is 7.02. The van der Waals surface area contributed by atoms with Gasteiger partial charge in [0.15, 0.2) is 0 Å². The summed E-state index contributed by atoms with van der Waals surface area (Å²) in [5.41, 5.74) is 7.30. The van der Waals surface area contributed by atoms with Gasteiger partial charge in [0.05, 0.1) is 0 Å². The Balaban J connectivity index is 1.63. The fourth-order valence-corrected chi connectivity index (χ4v) is 3.58. The zero-order valence-electron chi connectivity index (χ0n) is 15.6. The molecular weight excluding hydrogens is 320 g/mol. The zero-order chi connectivity index (χ0) is 18.1. The molecule has 0 spiro atoms. The highest BCUT2D eigenvalue weighted by atomic mass is 15.2. The van der Waals surface area contributed by atoms with E-state index in [2.05, 4.69) is 77.6 Å². The number of hydrogen-bond donors (Lipinski definition) is 1. The summed E-state index contributed by atoms with van der Waals surface area (Å²) in [5.74, 6) is 1.65. The molecule has 1 aliphatic rings. The predicted octanol–water partition coefficient (Wildman–Crippen LogP) is 4.71. The first-order valence-electron chi connectivity index (χ1n) is 9.11. The van der Waals surface area contributed by atoms with Crippen LogP contribution in [-0.2, 0) is 13.0 Å². The number of anilines is 3. The van der Waals surface area contributed by atoms with E-state index in [0.29, 0.717) is 5.95 Å². The van der Waals surface area contributed by atoms with Gasteiger partial charge < -0.3 is 10.2 Å². The van der Waals surface area contributed by atoms with E-state index in [1.54, 1.807) is 0 Å². The second kappa shape index (κ2) is 6.79. The zero-order valence-corrected chi connectivity index (χ0v) is 15.6. The predicted molar refractivity (Wildman–Crippen MR) is 107 cm³/mol. The molecule has 1 aromatic heterocycles. The van der Waals surface area contributed by atoms with E-state index in [-0.39, 0.29) is 0 Å². The minimum atomic E-state index is 0.663. The van der Waals surface area contributed by atoms with Crippen molar-refractivity contribution in [1.29, 1.82) is 0 Å². The quantitative estimate of drug-likeness (QED) is 0.747. The van der Waals surface area contributed by atoms with Crippen molar-refractivity contribution in [2.75, 3.05) is 16.8 Å². The first kappa shape index (κ1) is 16.6. The third-order valence-corrected chi connectivity index (χ3v) is 5.01. The van der Waals surface area contributed by atoms with E-state index in [4.69, 9.17) is 4.98 Å². The van der Waals surface area contributed by atoms with Crippen LogP contribution in [0.15, 0.2) is 48.5 Å². The van der Waals surface area contributed by atoms with Gasteiger partial charge in [0.2, 0.25) is 5.95 Å². The van der Waals surface area contributed by atoms with Gasteiger partial charge in [-0.3, -0.25) is 0 Å². The largest absolute Gasteiger partial charge is 0.352 e.